The minimum Gasteiger partial charge on any atom is -0.355 e. The van der Waals surface area contributed by atoms with Crippen LogP contribution in [0.1, 0.15) is 18.1 Å². The van der Waals surface area contributed by atoms with Crippen molar-refractivity contribution in [1.82, 2.24) is 9.97 Å². The molecule has 0 saturated carbocycles. The monoisotopic (exact) mass is 277 g/mol. The first kappa shape index (κ1) is 13.6. The van der Waals surface area contributed by atoms with Crippen LogP contribution in [0, 0.1) is 0 Å². The van der Waals surface area contributed by atoms with Crippen LogP contribution in [0.4, 0.5) is 5.82 Å². The Morgan fingerprint density at radius 2 is 1.62 bits per heavy atom. The zero-order valence-electron chi connectivity index (χ0n) is 12.5. The number of hydrogen-bond acceptors (Lipinski definition) is 3. The largest absolute Gasteiger partial charge is 0.355 e. The molecule has 0 N–H and O–H groups in total. The van der Waals surface area contributed by atoms with Crippen molar-refractivity contribution in [2.75, 3.05) is 11.9 Å². The van der Waals surface area contributed by atoms with Crippen LogP contribution in [0.15, 0.2) is 54.9 Å². The van der Waals surface area contributed by atoms with Crippen molar-refractivity contribution in [3.8, 4) is 0 Å². The number of benzene rings is 2. The Balaban J connectivity index is 1.88. The fourth-order valence-corrected chi connectivity index (χ4v) is 2.52. The average molecular weight is 277 g/mol. The number of aromatic nitrogens is 2. The first-order chi connectivity index (χ1) is 10.3. The second kappa shape index (κ2) is 5.92. The minimum atomic E-state index is 0.838. The Kier molecular flexibility index (Phi) is 3.82. The maximum absolute atomic E-state index is 4.45. The van der Waals surface area contributed by atoms with Gasteiger partial charge >= 0.3 is 0 Å². The van der Waals surface area contributed by atoms with Crippen molar-refractivity contribution < 1.29 is 0 Å². The molecule has 3 heteroatoms. The molecule has 0 radical (unpaired) electrons. The molecule has 0 spiro atoms. The summed E-state index contributed by atoms with van der Waals surface area (Å²) in [5.41, 5.74) is 3.64. The van der Waals surface area contributed by atoms with Crippen molar-refractivity contribution in [3.05, 3.63) is 66.0 Å². The third-order valence-electron chi connectivity index (χ3n) is 3.73. The molecule has 0 saturated heterocycles. The van der Waals surface area contributed by atoms with Gasteiger partial charge in [-0.1, -0.05) is 43.3 Å². The minimum absolute atomic E-state index is 0.838. The van der Waals surface area contributed by atoms with Gasteiger partial charge in [0, 0.05) is 19.0 Å². The van der Waals surface area contributed by atoms with Crippen LogP contribution >= 0.6 is 0 Å². The molecule has 0 aliphatic heterocycles. The molecule has 21 heavy (non-hydrogen) atoms. The number of rotatable bonds is 4. The van der Waals surface area contributed by atoms with E-state index >= 15 is 0 Å². The van der Waals surface area contributed by atoms with Crippen LogP contribution in [-0.4, -0.2) is 17.0 Å². The van der Waals surface area contributed by atoms with Gasteiger partial charge in [0.1, 0.15) is 12.1 Å². The molecule has 3 nitrogen and oxygen atoms in total. The molecule has 3 aromatic rings. The summed E-state index contributed by atoms with van der Waals surface area (Å²) in [5.74, 6) is 0.972. The molecule has 0 fully saturated rings. The van der Waals surface area contributed by atoms with E-state index in [2.05, 4.69) is 59.2 Å². The van der Waals surface area contributed by atoms with Gasteiger partial charge in [-0.25, -0.2) is 9.97 Å². The molecule has 2 aromatic carbocycles. The highest BCUT2D eigenvalue weighted by Gasteiger charge is 2.08. The normalized spacial score (nSPS) is 10.8. The van der Waals surface area contributed by atoms with Crippen molar-refractivity contribution in [2.45, 2.75) is 19.9 Å². The van der Waals surface area contributed by atoms with E-state index in [0.29, 0.717) is 0 Å². The summed E-state index contributed by atoms with van der Waals surface area (Å²) >= 11 is 0. The molecular weight excluding hydrogens is 258 g/mol. The number of fused-ring (bicyclic) bond motifs is 1. The summed E-state index contributed by atoms with van der Waals surface area (Å²) in [4.78, 5) is 10.9. The number of hydrogen-bond donors (Lipinski definition) is 0. The quantitative estimate of drug-likeness (QED) is 0.725. The number of nitrogens with zero attached hydrogens (tertiary/aromatic N) is 3. The van der Waals surface area contributed by atoms with Gasteiger partial charge in [0.25, 0.3) is 0 Å². The number of anilines is 1. The van der Waals surface area contributed by atoms with E-state index in [9.17, 15) is 0 Å². The fourth-order valence-electron chi connectivity index (χ4n) is 2.52. The van der Waals surface area contributed by atoms with E-state index < -0.39 is 0 Å². The Bertz CT molecular complexity index is 730. The molecule has 0 aliphatic rings. The van der Waals surface area contributed by atoms with E-state index in [4.69, 9.17) is 0 Å². The Morgan fingerprint density at radius 3 is 2.38 bits per heavy atom. The van der Waals surface area contributed by atoms with E-state index in [1.807, 2.05) is 18.2 Å². The van der Waals surface area contributed by atoms with Crippen LogP contribution < -0.4 is 4.90 Å². The highest BCUT2D eigenvalue weighted by molar-refractivity contribution is 5.89. The Morgan fingerprint density at radius 1 is 0.905 bits per heavy atom. The van der Waals surface area contributed by atoms with Crippen molar-refractivity contribution in [3.63, 3.8) is 0 Å². The third kappa shape index (κ3) is 2.87. The lowest BCUT2D eigenvalue weighted by Gasteiger charge is -2.19. The number of aryl methyl sites for hydroxylation is 1. The van der Waals surface area contributed by atoms with Gasteiger partial charge in [-0.05, 0) is 29.7 Å². The standard InChI is InChI=1S/C18H19N3/c1-3-14-8-10-15(11-9-14)12-21(2)18-16-6-4-5-7-17(16)19-13-20-18/h4-11,13H,3,12H2,1-2H3. The van der Waals surface area contributed by atoms with Crippen LogP contribution in [-0.2, 0) is 13.0 Å². The first-order valence-corrected chi connectivity index (χ1v) is 7.26. The molecule has 0 unspecified atom stereocenters. The van der Waals surface area contributed by atoms with Crippen molar-refractivity contribution >= 4 is 16.7 Å². The maximum Gasteiger partial charge on any atom is 0.139 e. The summed E-state index contributed by atoms with van der Waals surface area (Å²) < 4.78 is 0. The molecule has 0 amide bonds. The topological polar surface area (TPSA) is 29.0 Å². The predicted octanol–water partition coefficient (Wildman–Crippen LogP) is 3.83. The van der Waals surface area contributed by atoms with Crippen molar-refractivity contribution in [1.29, 1.82) is 0 Å². The molecule has 3 rings (SSSR count). The first-order valence-electron chi connectivity index (χ1n) is 7.26. The Hall–Kier alpha value is -2.42. The van der Waals surface area contributed by atoms with Crippen LogP contribution in [0.25, 0.3) is 10.9 Å². The summed E-state index contributed by atoms with van der Waals surface area (Å²) in [7, 11) is 2.07. The van der Waals surface area contributed by atoms with E-state index in [1.54, 1.807) is 6.33 Å². The second-order valence-electron chi connectivity index (χ2n) is 5.24. The van der Waals surface area contributed by atoms with Gasteiger partial charge in [-0.2, -0.15) is 0 Å². The summed E-state index contributed by atoms with van der Waals surface area (Å²) in [6.07, 6.45) is 2.71. The van der Waals surface area contributed by atoms with E-state index in [-0.39, 0.29) is 0 Å². The molecular formula is C18H19N3. The van der Waals surface area contributed by atoms with Crippen LogP contribution in [0.5, 0.6) is 0 Å². The molecule has 0 atom stereocenters. The molecule has 0 bridgehead atoms. The zero-order chi connectivity index (χ0) is 14.7. The average Bonchev–Trinajstić information content (AvgIpc) is 2.55. The molecule has 0 aliphatic carbocycles. The molecule has 1 heterocycles. The van der Waals surface area contributed by atoms with Gasteiger partial charge in [-0.3, -0.25) is 0 Å². The predicted molar refractivity (Wildman–Crippen MR) is 87.5 cm³/mol. The lowest BCUT2D eigenvalue weighted by atomic mass is 10.1. The van der Waals surface area contributed by atoms with Gasteiger partial charge in [-0.15, -0.1) is 0 Å². The van der Waals surface area contributed by atoms with Crippen LogP contribution in [0.2, 0.25) is 0 Å². The van der Waals surface area contributed by atoms with Crippen LogP contribution in [0.3, 0.4) is 0 Å². The molecule has 1 aromatic heterocycles. The summed E-state index contributed by atoms with van der Waals surface area (Å²) in [6.45, 7) is 3.01. The molecule has 106 valence electrons. The summed E-state index contributed by atoms with van der Waals surface area (Å²) in [5, 5.41) is 1.09. The zero-order valence-corrected chi connectivity index (χ0v) is 12.5. The fraction of sp³-hybridized carbons (Fsp3) is 0.222. The Labute approximate surface area is 125 Å². The number of para-hydroxylation sites is 1. The second-order valence-corrected chi connectivity index (χ2v) is 5.24. The smallest absolute Gasteiger partial charge is 0.139 e. The van der Waals surface area contributed by atoms with E-state index in [0.717, 1.165) is 29.7 Å². The lowest BCUT2D eigenvalue weighted by Crippen LogP contribution is -2.18. The van der Waals surface area contributed by atoms with Gasteiger partial charge in [0.05, 0.1) is 5.52 Å². The van der Waals surface area contributed by atoms with Crippen molar-refractivity contribution in [2.24, 2.45) is 0 Å². The summed E-state index contributed by atoms with van der Waals surface area (Å²) in [6, 6.07) is 16.9. The SMILES string of the molecule is CCc1ccc(CN(C)c2ncnc3ccccc23)cc1. The maximum atomic E-state index is 4.45. The third-order valence-corrected chi connectivity index (χ3v) is 3.73. The van der Waals surface area contributed by atoms with Gasteiger partial charge < -0.3 is 4.90 Å². The highest BCUT2D eigenvalue weighted by atomic mass is 15.2. The van der Waals surface area contributed by atoms with Gasteiger partial charge in [0.15, 0.2) is 0 Å². The van der Waals surface area contributed by atoms with Gasteiger partial charge in [0.2, 0.25) is 0 Å². The van der Waals surface area contributed by atoms with E-state index in [1.165, 1.54) is 11.1 Å². The highest BCUT2D eigenvalue weighted by Crippen LogP contribution is 2.22. The lowest BCUT2D eigenvalue weighted by molar-refractivity contribution is 0.899.